The summed E-state index contributed by atoms with van der Waals surface area (Å²) in [5.41, 5.74) is 0. The fourth-order valence-electron chi connectivity index (χ4n) is 2.83. The molecule has 1 fully saturated rings. The van der Waals surface area contributed by atoms with Crippen LogP contribution in [0.2, 0.25) is 0 Å². The van der Waals surface area contributed by atoms with Crippen LogP contribution in [0.15, 0.2) is 0 Å². The second-order valence-electron chi connectivity index (χ2n) is 5.54. The van der Waals surface area contributed by atoms with Crippen molar-refractivity contribution in [1.82, 2.24) is 5.32 Å². The standard InChI is InChI=1S/C14H29NS/c1-5-8-15-14(10-16-4)13-7-6-11(2)12(3)9-13/h11-15H,5-10H2,1-4H3. The van der Waals surface area contributed by atoms with E-state index in [-0.39, 0.29) is 0 Å². The summed E-state index contributed by atoms with van der Waals surface area (Å²) >= 11 is 1.99. The average molecular weight is 243 g/mol. The predicted molar refractivity (Wildman–Crippen MR) is 76.1 cm³/mol. The molecule has 1 rings (SSSR count). The number of hydrogen-bond donors (Lipinski definition) is 1. The van der Waals surface area contributed by atoms with Gasteiger partial charge in [0.25, 0.3) is 0 Å². The van der Waals surface area contributed by atoms with E-state index in [2.05, 4.69) is 32.3 Å². The molecule has 0 bridgehead atoms. The Morgan fingerprint density at radius 2 is 2.00 bits per heavy atom. The lowest BCUT2D eigenvalue weighted by Crippen LogP contribution is -2.41. The third-order valence-electron chi connectivity index (χ3n) is 4.21. The zero-order chi connectivity index (χ0) is 12.0. The first kappa shape index (κ1) is 14.4. The van der Waals surface area contributed by atoms with Gasteiger partial charge in [0.2, 0.25) is 0 Å². The van der Waals surface area contributed by atoms with Crippen molar-refractivity contribution in [2.24, 2.45) is 17.8 Å². The number of nitrogens with one attached hydrogen (secondary N) is 1. The van der Waals surface area contributed by atoms with Crippen molar-refractivity contribution < 1.29 is 0 Å². The highest BCUT2D eigenvalue weighted by Crippen LogP contribution is 2.35. The van der Waals surface area contributed by atoms with E-state index in [0.717, 1.165) is 23.8 Å². The van der Waals surface area contributed by atoms with Crippen molar-refractivity contribution in [3.63, 3.8) is 0 Å². The molecule has 0 aliphatic heterocycles. The van der Waals surface area contributed by atoms with Gasteiger partial charge in [0.1, 0.15) is 0 Å². The zero-order valence-electron chi connectivity index (χ0n) is 11.5. The Balaban J connectivity index is 2.43. The Morgan fingerprint density at radius 3 is 2.56 bits per heavy atom. The Morgan fingerprint density at radius 1 is 1.25 bits per heavy atom. The van der Waals surface area contributed by atoms with Gasteiger partial charge in [-0.1, -0.05) is 27.2 Å². The Kier molecular flexibility index (Phi) is 6.83. The smallest absolute Gasteiger partial charge is 0.0186 e. The van der Waals surface area contributed by atoms with Crippen molar-refractivity contribution in [2.75, 3.05) is 18.6 Å². The van der Waals surface area contributed by atoms with Crippen LogP contribution in [0, 0.1) is 17.8 Å². The molecule has 1 saturated carbocycles. The molecule has 1 aliphatic rings. The molecule has 1 aliphatic carbocycles. The first-order valence-electron chi connectivity index (χ1n) is 6.91. The third-order valence-corrected chi connectivity index (χ3v) is 4.90. The Bertz CT molecular complexity index is 182. The maximum Gasteiger partial charge on any atom is 0.0186 e. The molecule has 0 aromatic heterocycles. The van der Waals surface area contributed by atoms with E-state index in [4.69, 9.17) is 0 Å². The van der Waals surface area contributed by atoms with Gasteiger partial charge >= 0.3 is 0 Å². The summed E-state index contributed by atoms with van der Waals surface area (Å²) in [6.45, 7) is 8.30. The van der Waals surface area contributed by atoms with Gasteiger partial charge in [-0.05, 0) is 49.8 Å². The van der Waals surface area contributed by atoms with E-state index in [1.807, 2.05) is 11.8 Å². The topological polar surface area (TPSA) is 12.0 Å². The van der Waals surface area contributed by atoms with Crippen LogP contribution in [0.5, 0.6) is 0 Å². The van der Waals surface area contributed by atoms with E-state index < -0.39 is 0 Å². The molecule has 2 heteroatoms. The SMILES string of the molecule is CCCNC(CSC)C1CCC(C)C(C)C1. The van der Waals surface area contributed by atoms with Crippen LogP contribution in [0.1, 0.15) is 46.5 Å². The number of hydrogen-bond acceptors (Lipinski definition) is 2. The van der Waals surface area contributed by atoms with E-state index in [9.17, 15) is 0 Å². The number of thioether (sulfide) groups is 1. The summed E-state index contributed by atoms with van der Waals surface area (Å²) < 4.78 is 0. The molecule has 1 N–H and O–H groups in total. The lowest BCUT2D eigenvalue weighted by atomic mass is 9.73. The molecular weight excluding hydrogens is 214 g/mol. The fraction of sp³-hybridized carbons (Fsp3) is 1.00. The predicted octanol–water partition coefficient (Wildman–Crippen LogP) is 3.79. The highest BCUT2D eigenvalue weighted by Gasteiger charge is 2.29. The number of rotatable bonds is 6. The molecular formula is C14H29NS. The second-order valence-corrected chi connectivity index (χ2v) is 6.45. The molecule has 0 aromatic rings. The van der Waals surface area contributed by atoms with Crippen LogP contribution >= 0.6 is 11.8 Å². The summed E-state index contributed by atoms with van der Waals surface area (Å²) in [4.78, 5) is 0. The van der Waals surface area contributed by atoms with Crippen LogP contribution in [0.25, 0.3) is 0 Å². The first-order chi connectivity index (χ1) is 7.69. The zero-order valence-corrected chi connectivity index (χ0v) is 12.3. The van der Waals surface area contributed by atoms with Crippen molar-refractivity contribution >= 4 is 11.8 Å². The van der Waals surface area contributed by atoms with Gasteiger partial charge in [-0.15, -0.1) is 0 Å². The Labute approximate surface area is 106 Å². The third kappa shape index (κ3) is 4.29. The van der Waals surface area contributed by atoms with E-state index in [0.29, 0.717) is 0 Å². The monoisotopic (exact) mass is 243 g/mol. The van der Waals surface area contributed by atoms with E-state index in [1.54, 1.807) is 0 Å². The molecule has 0 aromatic carbocycles. The first-order valence-corrected chi connectivity index (χ1v) is 8.30. The molecule has 16 heavy (non-hydrogen) atoms. The van der Waals surface area contributed by atoms with Crippen LogP contribution < -0.4 is 5.32 Å². The van der Waals surface area contributed by atoms with Gasteiger partial charge in [-0.2, -0.15) is 11.8 Å². The van der Waals surface area contributed by atoms with Crippen LogP contribution in [0.4, 0.5) is 0 Å². The molecule has 96 valence electrons. The van der Waals surface area contributed by atoms with Gasteiger partial charge < -0.3 is 5.32 Å². The quantitative estimate of drug-likeness (QED) is 0.762. The lowest BCUT2D eigenvalue weighted by Gasteiger charge is -2.37. The van der Waals surface area contributed by atoms with Crippen LogP contribution in [0.3, 0.4) is 0 Å². The van der Waals surface area contributed by atoms with Gasteiger partial charge in [0, 0.05) is 11.8 Å². The average Bonchev–Trinajstić information content (AvgIpc) is 2.28. The highest BCUT2D eigenvalue weighted by molar-refractivity contribution is 7.98. The minimum absolute atomic E-state index is 0.755. The molecule has 0 heterocycles. The summed E-state index contributed by atoms with van der Waals surface area (Å²) in [7, 11) is 0. The van der Waals surface area contributed by atoms with E-state index >= 15 is 0 Å². The molecule has 1 nitrogen and oxygen atoms in total. The lowest BCUT2D eigenvalue weighted by molar-refractivity contribution is 0.178. The van der Waals surface area contributed by atoms with Gasteiger partial charge in [0.05, 0.1) is 0 Å². The molecule has 4 atom stereocenters. The normalized spacial score (nSPS) is 32.6. The Hall–Kier alpha value is 0.310. The second kappa shape index (κ2) is 7.60. The van der Waals surface area contributed by atoms with Crippen LogP contribution in [-0.4, -0.2) is 24.6 Å². The molecule has 4 unspecified atom stereocenters. The maximum atomic E-state index is 3.75. The van der Waals surface area contributed by atoms with Crippen molar-refractivity contribution in [3.8, 4) is 0 Å². The van der Waals surface area contributed by atoms with Crippen LogP contribution in [-0.2, 0) is 0 Å². The summed E-state index contributed by atoms with van der Waals surface area (Å²) in [5.74, 6) is 4.07. The summed E-state index contributed by atoms with van der Waals surface area (Å²) in [5, 5.41) is 3.75. The van der Waals surface area contributed by atoms with E-state index in [1.165, 1.54) is 38.0 Å². The largest absolute Gasteiger partial charge is 0.313 e. The minimum Gasteiger partial charge on any atom is -0.313 e. The van der Waals surface area contributed by atoms with Crippen molar-refractivity contribution in [1.29, 1.82) is 0 Å². The van der Waals surface area contributed by atoms with Crippen molar-refractivity contribution in [3.05, 3.63) is 0 Å². The van der Waals surface area contributed by atoms with Crippen molar-refractivity contribution in [2.45, 2.75) is 52.5 Å². The summed E-state index contributed by atoms with van der Waals surface area (Å²) in [6, 6.07) is 0.755. The van der Waals surface area contributed by atoms with Gasteiger partial charge in [0.15, 0.2) is 0 Å². The minimum atomic E-state index is 0.755. The van der Waals surface area contributed by atoms with Gasteiger partial charge in [-0.3, -0.25) is 0 Å². The van der Waals surface area contributed by atoms with Gasteiger partial charge in [-0.25, -0.2) is 0 Å². The molecule has 0 amide bonds. The fourth-order valence-corrected chi connectivity index (χ4v) is 3.57. The summed E-state index contributed by atoms with van der Waals surface area (Å²) in [6.07, 6.45) is 7.79. The maximum absolute atomic E-state index is 3.75. The molecule has 0 spiro atoms. The molecule has 0 saturated heterocycles. The highest BCUT2D eigenvalue weighted by atomic mass is 32.2. The molecule has 0 radical (unpaired) electrons.